The van der Waals surface area contributed by atoms with Gasteiger partial charge >= 0.3 is 5.97 Å². The van der Waals surface area contributed by atoms with E-state index in [1.54, 1.807) is 11.0 Å². The summed E-state index contributed by atoms with van der Waals surface area (Å²) in [5, 5.41) is 34.4. The molecule has 1 aliphatic heterocycles. The summed E-state index contributed by atoms with van der Waals surface area (Å²) in [5.74, 6) is -2.89. The summed E-state index contributed by atoms with van der Waals surface area (Å²) in [6.45, 7) is 2.24. The summed E-state index contributed by atoms with van der Waals surface area (Å²) in [6, 6.07) is -3.31. The van der Waals surface area contributed by atoms with E-state index in [0.717, 1.165) is 5.57 Å². The Morgan fingerprint density at radius 3 is 2.46 bits per heavy atom. The van der Waals surface area contributed by atoms with Crippen LogP contribution in [0.5, 0.6) is 0 Å². The Hall–Kier alpha value is -3.71. The van der Waals surface area contributed by atoms with Crippen molar-refractivity contribution in [2.24, 2.45) is 11.5 Å². The molecule has 0 aromatic rings. The molecule has 0 spiro atoms. The molecule has 13 nitrogen and oxygen atoms in total. The van der Waals surface area contributed by atoms with E-state index in [4.69, 9.17) is 16.9 Å². The lowest BCUT2D eigenvalue weighted by Gasteiger charge is -2.23. The van der Waals surface area contributed by atoms with E-state index >= 15 is 0 Å². The number of carboxylic acid groups (broad SMARTS) is 1. The average molecular weight is 520 g/mol. The number of carbonyl (C=O) groups excluding carboxylic acids is 3. The number of hydrogen-bond donors (Lipinski definition) is 8. The van der Waals surface area contributed by atoms with E-state index in [1.165, 1.54) is 6.92 Å². The number of rotatable bonds is 13. The van der Waals surface area contributed by atoms with Crippen LogP contribution in [0.3, 0.4) is 0 Å². The molecule has 0 aromatic heterocycles. The SMILES string of the molecule is CC(O)C(N)C(=O)NC(CC1=CCN(C(=N)N)C1)C(=O)NCCCC(=O)NC(C(=O)O)C1=CCC=CC1. The monoisotopic (exact) mass is 519 g/mol. The van der Waals surface area contributed by atoms with Crippen LogP contribution in [0.25, 0.3) is 0 Å². The number of aliphatic carboxylic acids is 1. The molecule has 0 bridgehead atoms. The number of nitrogens with zero attached hydrogens (tertiary/aromatic N) is 1. The number of aliphatic hydroxyl groups is 1. The maximum atomic E-state index is 12.9. The summed E-state index contributed by atoms with van der Waals surface area (Å²) < 4.78 is 0. The largest absolute Gasteiger partial charge is 0.479 e. The zero-order valence-electron chi connectivity index (χ0n) is 20.9. The first-order chi connectivity index (χ1) is 17.5. The summed E-state index contributed by atoms with van der Waals surface area (Å²) in [5.41, 5.74) is 12.6. The van der Waals surface area contributed by atoms with Crippen molar-refractivity contribution in [2.75, 3.05) is 19.6 Å². The fourth-order valence-corrected chi connectivity index (χ4v) is 3.89. The van der Waals surface area contributed by atoms with E-state index in [1.807, 2.05) is 18.2 Å². The Morgan fingerprint density at radius 1 is 1.16 bits per heavy atom. The summed E-state index contributed by atoms with van der Waals surface area (Å²) in [7, 11) is 0. The molecule has 37 heavy (non-hydrogen) atoms. The number of hydrogen-bond acceptors (Lipinski definition) is 7. The molecule has 4 unspecified atom stereocenters. The van der Waals surface area contributed by atoms with Crippen molar-refractivity contribution in [3.05, 3.63) is 35.5 Å². The molecule has 0 saturated carbocycles. The lowest BCUT2D eigenvalue weighted by atomic mass is 9.98. The van der Waals surface area contributed by atoms with Gasteiger partial charge in [-0.25, -0.2) is 4.79 Å². The molecule has 2 rings (SSSR count). The number of aliphatic hydroxyl groups excluding tert-OH is 1. The number of carbonyl (C=O) groups is 4. The molecule has 0 radical (unpaired) electrons. The van der Waals surface area contributed by atoms with Gasteiger partial charge in [0.1, 0.15) is 18.1 Å². The van der Waals surface area contributed by atoms with Gasteiger partial charge in [0.15, 0.2) is 5.96 Å². The highest BCUT2D eigenvalue weighted by Gasteiger charge is 2.28. The van der Waals surface area contributed by atoms with Gasteiger partial charge in [-0.05, 0) is 38.2 Å². The first-order valence-electron chi connectivity index (χ1n) is 12.1. The van der Waals surface area contributed by atoms with Gasteiger partial charge in [0.25, 0.3) is 0 Å². The van der Waals surface area contributed by atoms with Gasteiger partial charge in [-0.15, -0.1) is 0 Å². The highest BCUT2D eigenvalue weighted by atomic mass is 16.4. The maximum absolute atomic E-state index is 12.9. The molecule has 2 aliphatic rings. The van der Waals surface area contributed by atoms with Gasteiger partial charge in [0.05, 0.1) is 6.10 Å². The number of carboxylic acids is 1. The fourth-order valence-electron chi connectivity index (χ4n) is 3.89. The van der Waals surface area contributed by atoms with Crippen LogP contribution in [0, 0.1) is 5.41 Å². The van der Waals surface area contributed by atoms with Crippen LogP contribution in [-0.4, -0.2) is 88.6 Å². The minimum Gasteiger partial charge on any atom is -0.479 e. The van der Waals surface area contributed by atoms with E-state index in [0.29, 0.717) is 31.5 Å². The highest BCUT2D eigenvalue weighted by Crippen LogP contribution is 2.16. The normalized spacial score (nSPS) is 18.1. The van der Waals surface area contributed by atoms with Crippen molar-refractivity contribution in [3.8, 4) is 0 Å². The Balaban J connectivity index is 1.89. The van der Waals surface area contributed by atoms with Crippen LogP contribution in [-0.2, 0) is 19.2 Å². The molecular weight excluding hydrogens is 482 g/mol. The van der Waals surface area contributed by atoms with Gasteiger partial charge in [0, 0.05) is 26.1 Å². The molecular formula is C24H37N7O6. The molecule has 4 atom stereocenters. The standard InChI is InChI=1S/C24H37N7O6/c1-14(32)19(25)22(35)29-17(12-15-9-11-31(13-15)24(26)27)21(34)28-10-5-8-18(33)30-20(23(36)37)16-6-3-2-4-7-16/h2-3,7,9,14,17,19-20,32H,4-6,8,10-13,25H2,1H3,(H3,26,27)(H,28,34)(H,29,35)(H,30,33)(H,36,37). The first-order valence-corrected chi connectivity index (χ1v) is 12.1. The number of nitrogens with two attached hydrogens (primary N) is 2. The number of guanidine groups is 1. The lowest BCUT2D eigenvalue weighted by molar-refractivity contribution is -0.140. The molecule has 13 heteroatoms. The quantitative estimate of drug-likeness (QED) is 0.0609. The predicted octanol–water partition coefficient (Wildman–Crippen LogP) is -1.55. The number of allylic oxidation sites excluding steroid dienone is 3. The van der Waals surface area contributed by atoms with Gasteiger partial charge in [-0.3, -0.25) is 19.8 Å². The topological polar surface area (TPSA) is 224 Å². The molecule has 1 aliphatic carbocycles. The van der Waals surface area contributed by atoms with Crippen LogP contribution in [0.15, 0.2) is 35.5 Å². The molecule has 0 saturated heterocycles. The third kappa shape index (κ3) is 9.35. The second-order valence-corrected chi connectivity index (χ2v) is 9.08. The second-order valence-electron chi connectivity index (χ2n) is 9.08. The molecule has 204 valence electrons. The fraction of sp³-hybridized carbons (Fsp3) is 0.542. The van der Waals surface area contributed by atoms with Crippen LogP contribution < -0.4 is 27.4 Å². The van der Waals surface area contributed by atoms with Crippen LogP contribution in [0.1, 0.15) is 39.0 Å². The zero-order valence-corrected chi connectivity index (χ0v) is 20.9. The first kappa shape index (κ1) is 29.5. The van der Waals surface area contributed by atoms with Crippen LogP contribution in [0.2, 0.25) is 0 Å². The van der Waals surface area contributed by atoms with Gasteiger partial charge in [-0.2, -0.15) is 0 Å². The highest BCUT2D eigenvalue weighted by molar-refractivity contribution is 5.90. The Labute approximate surface area is 215 Å². The van der Waals surface area contributed by atoms with Gasteiger partial charge < -0.3 is 42.5 Å². The van der Waals surface area contributed by atoms with Crippen molar-refractivity contribution in [3.63, 3.8) is 0 Å². The summed E-state index contributed by atoms with van der Waals surface area (Å²) in [6.07, 6.45) is 7.74. The van der Waals surface area contributed by atoms with Crippen LogP contribution in [0.4, 0.5) is 0 Å². The number of nitrogens with one attached hydrogen (secondary N) is 4. The van der Waals surface area contributed by atoms with Gasteiger partial charge in [0.2, 0.25) is 17.7 Å². The van der Waals surface area contributed by atoms with Crippen LogP contribution >= 0.6 is 0 Å². The smallest absolute Gasteiger partial charge is 0.330 e. The number of amides is 3. The van der Waals surface area contributed by atoms with E-state index in [2.05, 4.69) is 16.0 Å². The predicted molar refractivity (Wildman–Crippen MR) is 136 cm³/mol. The molecule has 10 N–H and O–H groups in total. The van der Waals surface area contributed by atoms with E-state index in [9.17, 15) is 29.4 Å². The Kier molecular flexibility index (Phi) is 11.3. The van der Waals surface area contributed by atoms with Gasteiger partial charge in [-0.1, -0.05) is 29.9 Å². The van der Waals surface area contributed by atoms with Crippen molar-refractivity contribution < 1.29 is 29.4 Å². The third-order valence-electron chi connectivity index (χ3n) is 6.10. The molecule has 0 aromatic carbocycles. The molecule has 3 amide bonds. The minimum absolute atomic E-state index is 0.00414. The second kappa shape index (κ2) is 14.1. The minimum atomic E-state index is -1.22. The van der Waals surface area contributed by atoms with Crippen molar-refractivity contribution in [2.45, 2.75) is 63.3 Å². The van der Waals surface area contributed by atoms with E-state index < -0.39 is 47.9 Å². The zero-order chi connectivity index (χ0) is 27.5. The molecule has 1 heterocycles. The summed E-state index contributed by atoms with van der Waals surface area (Å²) in [4.78, 5) is 50.7. The lowest BCUT2D eigenvalue weighted by Crippen LogP contribution is -2.54. The Bertz CT molecular complexity index is 975. The Morgan fingerprint density at radius 2 is 1.89 bits per heavy atom. The van der Waals surface area contributed by atoms with Crippen molar-refractivity contribution >= 4 is 29.7 Å². The maximum Gasteiger partial charge on any atom is 0.330 e. The average Bonchev–Trinajstić information content (AvgIpc) is 3.33. The molecule has 0 fully saturated rings. The van der Waals surface area contributed by atoms with Crippen molar-refractivity contribution in [1.29, 1.82) is 5.41 Å². The third-order valence-corrected chi connectivity index (χ3v) is 6.10. The van der Waals surface area contributed by atoms with Crippen molar-refractivity contribution in [1.82, 2.24) is 20.9 Å². The summed E-state index contributed by atoms with van der Waals surface area (Å²) >= 11 is 0. The van der Waals surface area contributed by atoms with E-state index in [-0.39, 0.29) is 31.8 Å².